The van der Waals surface area contributed by atoms with E-state index in [1.165, 1.54) is 4.80 Å². The SMILES string of the molecule is Cc1cnc(Nc2ccnn2C)nc1-c1cc2n(c1)C[C@@H](C)N(Cc1cnn(C)n1)C2=O. The van der Waals surface area contributed by atoms with Crippen LogP contribution in [-0.4, -0.2) is 56.2 Å². The first kappa shape index (κ1) is 19.9. The number of aromatic nitrogens is 8. The van der Waals surface area contributed by atoms with Crippen LogP contribution in [0.25, 0.3) is 11.3 Å². The Balaban J connectivity index is 1.44. The number of aryl methyl sites for hydroxylation is 3. The lowest BCUT2D eigenvalue weighted by molar-refractivity contribution is 0.0592. The molecule has 0 bridgehead atoms. The van der Waals surface area contributed by atoms with Gasteiger partial charge in [0.1, 0.15) is 17.2 Å². The second-order valence-electron chi connectivity index (χ2n) is 8.06. The van der Waals surface area contributed by atoms with E-state index in [-0.39, 0.29) is 11.9 Å². The van der Waals surface area contributed by atoms with Crippen molar-refractivity contribution in [1.29, 1.82) is 0 Å². The van der Waals surface area contributed by atoms with Gasteiger partial charge in [0.15, 0.2) is 0 Å². The summed E-state index contributed by atoms with van der Waals surface area (Å²) in [7, 11) is 3.61. The molecule has 0 saturated heterocycles. The van der Waals surface area contributed by atoms with Gasteiger partial charge in [-0.1, -0.05) is 0 Å². The molecule has 0 saturated carbocycles. The highest BCUT2D eigenvalue weighted by Crippen LogP contribution is 2.29. The molecule has 0 radical (unpaired) electrons. The molecular formula is C21H24N10O. The second-order valence-corrected chi connectivity index (χ2v) is 8.06. The maximum atomic E-state index is 13.3. The Hall–Kier alpha value is -4.02. The zero-order valence-electron chi connectivity index (χ0n) is 18.4. The van der Waals surface area contributed by atoms with Crippen molar-refractivity contribution in [3.05, 3.63) is 53.9 Å². The molecule has 0 aromatic carbocycles. The quantitative estimate of drug-likeness (QED) is 0.513. The molecule has 11 heteroatoms. The molecule has 5 rings (SSSR count). The predicted molar refractivity (Wildman–Crippen MR) is 117 cm³/mol. The lowest BCUT2D eigenvalue weighted by atomic mass is 10.1. The molecule has 32 heavy (non-hydrogen) atoms. The molecule has 0 aliphatic carbocycles. The number of hydrogen-bond donors (Lipinski definition) is 1. The third-order valence-corrected chi connectivity index (χ3v) is 5.65. The van der Waals surface area contributed by atoms with Gasteiger partial charge in [-0.05, 0) is 25.5 Å². The second kappa shape index (κ2) is 7.59. The minimum absolute atomic E-state index is 0.0272. The maximum absolute atomic E-state index is 13.3. The van der Waals surface area contributed by atoms with E-state index >= 15 is 0 Å². The standard InChI is InChI=1S/C21H24N10O/c1-13-8-22-21(25-18-5-6-23-28(18)3)26-19(13)15-7-17-20(32)31(14(2)10-30(17)11-15)12-16-9-24-29(4)27-16/h5-9,11,14H,10,12H2,1-4H3,(H,22,25,26)/t14-/m1/s1. The first-order valence-electron chi connectivity index (χ1n) is 10.3. The Morgan fingerprint density at radius 2 is 2.06 bits per heavy atom. The number of amides is 1. The summed E-state index contributed by atoms with van der Waals surface area (Å²) in [6.45, 7) is 5.14. The average Bonchev–Trinajstić information content (AvgIpc) is 3.47. The lowest BCUT2D eigenvalue weighted by Gasteiger charge is -2.33. The molecule has 1 aliphatic heterocycles. The first-order chi connectivity index (χ1) is 15.4. The number of hydrogen-bond acceptors (Lipinski definition) is 7. The molecule has 1 atom stereocenters. The van der Waals surface area contributed by atoms with Crippen LogP contribution in [0.15, 0.2) is 36.9 Å². The Morgan fingerprint density at radius 1 is 1.22 bits per heavy atom. The van der Waals surface area contributed by atoms with E-state index in [1.54, 1.807) is 30.3 Å². The van der Waals surface area contributed by atoms with Crippen LogP contribution < -0.4 is 5.32 Å². The number of nitrogens with zero attached hydrogens (tertiary/aromatic N) is 9. The number of anilines is 2. The van der Waals surface area contributed by atoms with E-state index in [4.69, 9.17) is 4.98 Å². The van der Waals surface area contributed by atoms with Gasteiger partial charge in [-0.2, -0.15) is 20.1 Å². The normalized spacial score (nSPS) is 15.8. The van der Waals surface area contributed by atoms with Crippen molar-refractivity contribution in [1.82, 2.24) is 44.2 Å². The van der Waals surface area contributed by atoms with Crippen molar-refractivity contribution < 1.29 is 4.79 Å². The van der Waals surface area contributed by atoms with Crippen molar-refractivity contribution in [2.75, 3.05) is 5.32 Å². The average molecular weight is 432 g/mol. The largest absolute Gasteiger partial charge is 0.341 e. The number of carbonyl (C=O) groups excluding carboxylic acids is 1. The molecule has 1 amide bonds. The molecule has 4 aromatic heterocycles. The number of rotatable bonds is 5. The van der Waals surface area contributed by atoms with Crippen LogP contribution in [-0.2, 0) is 27.2 Å². The molecule has 0 unspecified atom stereocenters. The van der Waals surface area contributed by atoms with Gasteiger partial charge >= 0.3 is 0 Å². The number of nitrogens with one attached hydrogen (secondary N) is 1. The summed E-state index contributed by atoms with van der Waals surface area (Å²) in [5.41, 5.74) is 4.01. The topological polar surface area (TPSA) is 112 Å². The van der Waals surface area contributed by atoms with Crippen LogP contribution in [0.4, 0.5) is 11.8 Å². The molecule has 5 heterocycles. The van der Waals surface area contributed by atoms with Crippen molar-refractivity contribution in [3.8, 4) is 11.3 Å². The summed E-state index contributed by atoms with van der Waals surface area (Å²) in [5.74, 6) is 1.24. The number of carbonyl (C=O) groups is 1. The van der Waals surface area contributed by atoms with Crippen molar-refractivity contribution in [2.24, 2.45) is 14.1 Å². The summed E-state index contributed by atoms with van der Waals surface area (Å²) in [6, 6.07) is 3.79. The minimum Gasteiger partial charge on any atom is -0.341 e. The summed E-state index contributed by atoms with van der Waals surface area (Å²) in [5, 5.41) is 15.8. The Kier molecular flexibility index (Phi) is 4.72. The first-order valence-corrected chi connectivity index (χ1v) is 10.3. The van der Waals surface area contributed by atoms with Crippen LogP contribution in [0.5, 0.6) is 0 Å². The lowest BCUT2D eigenvalue weighted by Crippen LogP contribution is -2.45. The Morgan fingerprint density at radius 3 is 2.78 bits per heavy atom. The molecule has 1 aliphatic rings. The monoisotopic (exact) mass is 432 g/mol. The zero-order chi connectivity index (χ0) is 22.4. The summed E-state index contributed by atoms with van der Waals surface area (Å²) in [6.07, 6.45) is 7.17. The third-order valence-electron chi connectivity index (χ3n) is 5.65. The van der Waals surface area contributed by atoms with Gasteiger partial charge in [0.05, 0.1) is 24.6 Å². The van der Waals surface area contributed by atoms with E-state index < -0.39 is 0 Å². The van der Waals surface area contributed by atoms with Crippen LogP contribution in [0.2, 0.25) is 0 Å². The van der Waals surface area contributed by atoms with E-state index in [0.29, 0.717) is 24.7 Å². The molecule has 11 nitrogen and oxygen atoms in total. The van der Waals surface area contributed by atoms with Crippen LogP contribution in [0, 0.1) is 6.92 Å². The summed E-state index contributed by atoms with van der Waals surface area (Å²) >= 11 is 0. The van der Waals surface area contributed by atoms with Gasteiger partial charge in [0.25, 0.3) is 5.91 Å². The molecule has 4 aromatic rings. The summed E-state index contributed by atoms with van der Waals surface area (Å²) < 4.78 is 3.72. The van der Waals surface area contributed by atoms with Crippen molar-refractivity contribution in [3.63, 3.8) is 0 Å². The molecule has 1 N–H and O–H groups in total. The van der Waals surface area contributed by atoms with Gasteiger partial charge in [-0.25, -0.2) is 9.97 Å². The minimum atomic E-state index is -0.0272. The highest BCUT2D eigenvalue weighted by atomic mass is 16.2. The van der Waals surface area contributed by atoms with E-state index in [0.717, 1.165) is 28.3 Å². The van der Waals surface area contributed by atoms with Gasteiger partial charge in [0.2, 0.25) is 5.95 Å². The summed E-state index contributed by atoms with van der Waals surface area (Å²) in [4.78, 5) is 25.7. The van der Waals surface area contributed by atoms with Gasteiger partial charge in [-0.15, -0.1) is 0 Å². The Bertz CT molecular complexity index is 1300. The van der Waals surface area contributed by atoms with E-state index in [2.05, 4.69) is 25.6 Å². The fraction of sp³-hybridized carbons (Fsp3) is 0.333. The van der Waals surface area contributed by atoms with Gasteiger partial charge in [-0.3, -0.25) is 9.48 Å². The van der Waals surface area contributed by atoms with Crippen LogP contribution >= 0.6 is 0 Å². The molecular weight excluding hydrogens is 408 g/mol. The third kappa shape index (κ3) is 3.51. The fourth-order valence-corrected chi connectivity index (χ4v) is 3.97. The van der Waals surface area contributed by atoms with E-state index in [9.17, 15) is 4.79 Å². The maximum Gasteiger partial charge on any atom is 0.271 e. The smallest absolute Gasteiger partial charge is 0.271 e. The van der Waals surface area contributed by atoms with Crippen LogP contribution in [0.1, 0.15) is 28.7 Å². The van der Waals surface area contributed by atoms with Crippen LogP contribution in [0.3, 0.4) is 0 Å². The molecule has 0 spiro atoms. The van der Waals surface area contributed by atoms with Gasteiger partial charge in [0, 0.05) is 50.7 Å². The van der Waals surface area contributed by atoms with Gasteiger partial charge < -0.3 is 14.8 Å². The Labute approximate surface area is 184 Å². The predicted octanol–water partition coefficient (Wildman–Crippen LogP) is 1.90. The zero-order valence-corrected chi connectivity index (χ0v) is 18.4. The highest BCUT2D eigenvalue weighted by Gasteiger charge is 2.31. The molecule has 164 valence electrons. The van der Waals surface area contributed by atoms with Crippen molar-refractivity contribution in [2.45, 2.75) is 33.0 Å². The van der Waals surface area contributed by atoms with E-state index in [1.807, 2.05) is 48.7 Å². The fourth-order valence-electron chi connectivity index (χ4n) is 3.97. The number of fused-ring (bicyclic) bond motifs is 1. The van der Waals surface area contributed by atoms with Crippen molar-refractivity contribution >= 4 is 17.7 Å². The highest BCUT2D eigenvalue weighted by molar-refractivity contribution is 5.95. The molecule has 0 fully saturated rings.